The SMILES string of the molecule is C/C=C1/C(c2ccccc2)=N[C@@H](Cc2cccc(F)c2)C(=O)C/C1=C/CC(=O)Nc1ccc(C)c(N2Cc3cnc(Nc4ccc(C)nc4)nc3N(C)C2=O)c1. The summed E-state index contributed by atoms with van der Waals surface area (Å²) in [7, 11) is 1.67. The largest absolute Gasteiger partial charge is 0.330 e. The van der Waals surface area contributed by atoms with Gasteiger partial charge in [-0.05, 0) is 79.4 Å². The predicted octanol–water partition coefficient (Wildman–Crippen LogP) is 8.22. The normalized spacial score (nSPS) is 17.1. The Kier molecular flexibility index (Phi) is 10.9. The lowest BCUT2D eigenvalue weighted by Gasteiger charge is -2.35. The Hall–Kier alpha value is -6.82. The molecule has 5 aromatic rings. The first-order valence-corrected chi connectivity index (χ1v) is 18.3. The van der Waals surface area contributed by atoms with Crippen LogP contribution in [0.15, 0.2) is 126 Å². The maximum atomic E-state index is 14.0. The van der Waals surface area contributed by atoms with Crippen molar-refractivity contribution in [2.24, 2.45) is 4.99 Å². The minimum absolute atomic E-state index is 0.00902. The lowest BCUT2D eigenvalue weighted by molar-refractivity contribution is -0.119. The molecule has 0 aliphatic carbocycles. The highest BCUT2D eigenvalue weighted by atomic mass is 19.1. The van der Waals surface area contributed by atoms with Gasteiger partial charge in [0.05, 0.1) is 29.8 Å². The number of fused-ring (bicyclic) bond motifs is 1. The average molecular weight is 749 g/mol. The Bertz CT molecular complexity index is 2410. The van der Waals surface area contributed by atoms with E-state index in [0.29, 0.717) is 40.0 Å². The highest BCUT2D eigenvalue weighted by molar-refractivity contribution is 6.18. The zero-order valence-corrected chi connectivity index (χ0v) is 31.6. The Morgan fingerprint density at radius 1 is 0.946 bits per heavy atom. The molecule has 2 N–H and O–H groups in total. The number of hydrogen-bond donors (Lipinski definition) is 2. The first-order valence-electron chi connectivity index (χ1n) is 18.3. The van der Waals surface area contributed by atoms with E-state index in [1.807, 2.05) is 75.4 Å². The summed E-state index contributed by atoms with van der Waals surface area (Å²) in [6.07, 6.45) is 7.40. The second kappa shape index (κ2) is 16.3. The van der Waals surface area contributed by atoms with Crippen LogP contribution in [0.1, 0.15) is 47.7 Å². The number of Topliss-reactive ketones (excluding diaryl/α,β-unsaturated/α-hetero) is 1. The second-order valence-corrected chi connectivity index (χ2v) is 13.8. The molecule has 2 aromatic heterocycles. The quantitative estimate of drug-likeness (QED) is 0.155. The number of carbonyl (C=O) groups excluding carboxylic acids is 3. The third-order valence-corrected chi connectivity index (χ3v) is 9.77. The number of aryl methyl sites for hydroxylation is 2. The standard InChI is InChI=1S/C44H41FN8O3/c1-5-36-31(22-39(54)37(21-29-10-9-13-33(45)20-29)50-41(36)30-11-7-6-8-12-30)16-19-40(55)48-34-17-14-27(2)38(23-34)53-26-32-24-47-43(51-42(32)52(4)44(53)56)49-35-18-15-28(3)46-25-35/h5-18,20,23-25,37H,19,21-22,26H2,1-4H3,(H,48,55)(H,47,49,51)/b31-16-,36-5+/t37-/m0/s1. The summed E-state index contributed by atoms with van der Waals surface area (Å²) in [5, 5.41) is 6.11. The monoisotopic (exact) mass is 748 g/mol. The number of ketones is 1. The van der Waals surface area contributed by atoms with Crippen LogP contribution in [0.5, 0.6) is 0 Å². The lowest BCUT2D eigenvalue weighted by atomic mass is 9.92. The van der Waals surface area contributed by atoms with Gasteiger partial charge in [-0.1, -0.05) is 60.7 Å². The number of halogens is 1. The predicted molar refractivity (Wildman–Crippen MR) is 217 cm³/mol. The Morgan fingerprint density at radius 2 is 1.75 bits per heavy atom. The Morgan fingerprint density at radius 3 is 2.50 bits per heavy atom. The maximum absolute atomic E-state index is 14.0. The number of rotatable bonds is 9. The Labute approximate surface area is 324 Å². The molecule has 1 atom stereocenters. The fourth-order valence-electron chi connectivity index (χ4n) is 6.86. The van der Waals surface area contributed by atoms with Gasteiger partial charge < -0.3 is 10.6 Å². The van der Waals surface area contributed by atoms with E-state index in [-0.39, 0.29) is 49.3 Å². The third kappa shape index (κ3) is 8.29. The van der Waals surface area contributed by atoms with Crippen molar-refractivity contribution in [1.29, 1.82) is 0 Å². The molecule has 11 nitrogen and oxygen atoms in total. The minimum Gasteiger partial charge on any atom is -0.326 e. The molecule has 0 fully saturated rings. The molecular formula is C44H41FN8O3. The number of nitrogens with zero attached hydrogens (tertiary/aromatic N) is 6. The number of pyridine rings is 1. The van der Waals surface area contributed by atoms with Crippen molar-refractivity contribution < 1.29 is 18.8 Å². The van der Waals surface area contributed by atoms with Gasteiger partial charge >= 0.3 is 6.03 Å². The summed E-state index contributed by atoms with van der Waals surface area (Å²) >= 11 is 0. The van der Waals surface area contributed by atoms with Gasteiger partial charge in [0.1, 0.15) is 17.7 Å². The zero-order chi connectivity index (χ0) is 39.3. The van der Waals surface area contributed by atoms with Gasteiger partial charge in [0.25, 0.3) is 0 Å². The zero-order valence-electron chi connectivity index (χ0n) is 31.6. The van der Waals surface area contributed by atoms with Crippen LogP contribution in [0.4, 0.5) is 38.0 Å². The maximum Gasteiger partial charge on any atom is 0.330 e. The highest BCUT2D eigenvalue weighted by Gasteiger charge is 2.32. The number of anilines is 5. The van der Waals surface area contributed by atoms with Gasteiger partial charge in [0, 0.05) is 55.0 Å². The Balaban J connectivity index is 1.08. The molecule has 2 aliphatic heterocycles. The molecular weight excluding hydrogens is 708 g/mol. The highest BCUT2D eigenvalue weighted by Crippen LogP contribution is 2.34. The number of carbonyl (C=O) groups is 3. The van der Waals surface area contributed by atoms with E-state index in [4.69, 9.17) is 4.99 Å². The molecule has 12 heteroatoms. The molecule has 3 aromatic carbocycles. The molecule has 0 unspecified atom stereocenters. The van der Waals surface area contributed by atoms with Gasteiger partial charge in [-0.3, -0.25) is 29.4 Å². The van der Waals surface area contributed by atoms with Crippen LogP contribution in [-0.4, -0.2) is 51.5 Å². The van der Waals surface area contributed by atoms with E-state index < -0.39 is 6.04 Å². The smallest absolute Gasteiger partial charge is 0.326 e. The van der Waals surface area contributed by atoms with Crippen molar-refractivity contribution in [3.8, 4) is 0 Å². The first kappa shape index (κ1) is 37.5. The van der Waals surface area contributed by atoms with E-state index in [0.717, 1.165) is 33.6 Å². The second-order valence-electron chi connectivity index (χ2n) is 13.8. The van der Waals surface area contributed by atoms with Crippen LogP contribution in [0, 0.1) is 19.7 Å². The first-order chi connectivity index (χ1) is 27.1. The van der Waals surface area contributed by atoms with Gasteiger partial charge in [0.2, 0.25) is 11.9 Å². The van der Waals surface area contributed by atoms with Crippen molar-refractivity contribution in [3.63, 3.8) is 0 Å². The number of allylic oxidation sites excluding steroid dienone is 3. The van der Waals surface area contributed by atoms with Gasteiger partial charge in [-0.25, -0.2) is 14.2 Å². The molecule has 0 bridgehead atoms. The number of urea groups is 1. The van der Waals surface area contributed by atoms with Crippen molar-refractivity contribution in [1.82, 2.24) is 15.0 Å². The average Bonchev–Trinajstić information content (AvgIpc) is 3.32. The summed E-state index contributed by atoms with van der Waals surface area (Å²) in [5.74, 6) is 0.0659. The van der Waals surface area contributed by atoms with E-state index in [1.54, 1.807) is 54.7 Å². The van der Waals surface area contributed by atoms with Crippen LogP contribution in [0.25, 0.3) is 0 Å². The van der Waals surface area contributed by atoms with Crippen LogP contribution in [0.3, 0.4) is 0 Å². The minimum atomic E-state index is -0.724. The molecule has 7 rings (SSSR count). The molecule has 4 heterocycles. The number of benzene rings is 3. The number of aromatic nitrogens is 3. The van der Waals surface area contributed by atoms with Crippen molar-refractivity contribution >= 4 is 52.3 Å². The summed E-state index contributed by atoms with van der Waals surface area (Å²) < 4.78 is 14.0. The van der Waals surface area contributed by atoms with E-state index in [2.05, 4.69) is 25.6 Å². The topological polar surface area (TPSA) is 133 Å². The summed E-state index contributed by atoms with van der Waals surface area (Å²) in [4.78, 5) is 62.4. The third-order valence-electron chi connectivity index (χ3n) is 9.77. The molecule has 2 aliphatic rings. The summed E-state index contributed by atoms with van der Waals surface area (Å²) in [5.41, 5.74) is 8.00. The van der Waals surface area contributed by atoms with Crippen LogP contribution in [0.2, 0.25) is 0 Å². The molecule has 282 valence electrons. The number of aliphatic imine (C=N–C) groups is 1. The number of hydrogen-bond acceptors (Lipinski definition) is 8. The molecule has 0 radical (unpaired) electrons. The van der Waals surface area contributed by atoms with Gasteiger partial charge in [-0.2, -0.15) is 4.98 Å². The molecule has 3 amide bonds. The van der Waals surface area contributed by atoms with Crippen molar-refractivity contribution in [3.05, 3.63) is 154 Å². The fraction of sp³-hybridized carbons (Fsp3) is 0.205. The number of nitrogens with one attached hydrogen (secondary N) is 2. The van der Waals surface area contributed by atoms with Crippen LogP contribution >= 0.6 is 0 Å². The van der Waals surface area contributed by atoms with Crippen molar-refractivity contribution in [2.75, 3.05) is 27.5 Å². The molecule has 0 saturated carbocycles. The molecule has 56 heavy (non-hydrogen) atoms. The summed E-state index contributed by atoms with van der Waals surface area (Å²) in [6, 6.07) is 24.0. The van der Waals surface area contributed by atoms with Gasteiger partial charge in [-0.15, -0.1) is 0 Å². The van der Waals surface area contributed by atoms with E-state index in [1.165, 1.54) is 17.0 Å². The van der Waals surface area contributed by atoms with Crippen LogP contribution < -0.4 is 20.4 Å². The fourth-order valence-corrected chi connectivity index (χ4v) is 6.86. The molecule has 0 saturated heterocycles. The van der Waals surface area contributed by atoms with E-state index >= 15 is 0 Å². The number of amides is 3. The van der Waals surface area contributed by atoms with Crippen LogP contribution in [-0.2, 0) is 22.6 Å². The lowest BCUT2D eigenvalue weighted by Crippen LogP contribution is -2.46. The molecule has 0 spiro atoms. The van der Waals surface area contributed by atoms with Gasteiger partial charge in [0.15, 0.2) is 5.78 Å². The summed E-state index contributed by atoms with van der Waals surface area (Å²) in [6.45, 7) is 5.93. The van der Waals surface area contributed by atoms with E-state index in [9.17, 15) is 18.8 Å². The van der Waals surface area contributed by atoms with Crippen molar-refractivity contribution in [2.45, 2.75) is 52.6 Å².